The van der Waals surface area contributed by atoms with Gasteiger partial charge in [0.15, 0.2) is 0 Å². The van der Waals surface area contributed by atoms with Gasteiger partial charge in [-0.1, -0.05) is 13.8 Å². The second-order valence-corrected chi connectivity index (χ2v) is 5.62. The zero-order valence-corrected chi connectivity index (χ0v) is 12.8. The van der Waals surface area contributed by atoms with Crippen molar-refractivity contribution in [1.29, 1.82) is 0 Å². The number of rotatable bonds is 4. The number of benzene rings is 1. The van der Waals surface area contributed by atoms with E-state index in [1.165, 1.54) is 12.1 Å². The minimum Gasteiger partial charge on any atom is -0.368 e. The molecule has 0 atom stereocenters. The fourth-order valence-corrected chi connectivity index (χ4v) is 2.69. The van der Waals surface area contributed by atoms with Gasteiger partial charge in [-0.15, -0.1) is 0 Å². The normalized spacial score (nSPS) is 16.2. The van der Waals surface area contributed by atoms with Gasteiger partial charge in [-0.3, -0.25) is 4.79 Å². The van der Waals surface area contributed by atoms with E-state index in [0.29, 0.717) is 25.9 Å². The van der Waals surface area contributed by atoms with Crippen LogP contribution in [0.2, 0.25) is 0 Å². The highest BCUT2D eigenvalue weighted by molar-refractivity contribution is 5.86. The average molecular weight is 293 g/mol. The quantitative estimate of drug-likeness (QED) is 0.923. The van der Waals surface area contributed by atoms with Crippen molar-refractivity contribution in [3.8, 4) is 0 Å². The number of nitrogens with two attached hydrogens (primary N) is 1. The van der Waals surface area contributed by atoms with Crippen LogP contribution >= 0.6 is 0 Å². The van der Waals surface area contributed by atoms with Gasteiger partial charge in [0.05, 0.1) is 5.54 Å². The smallest absolute Gasteiger partial charge is 0.242 e. The monoisotopic (exact) mass is 293 g/mol. The first-order chi connectivity index (χ1) is 10.00. The molecule has 116 valence electrons. The van der Waals surface area contributed by atoms with Gasteiger partial charge in [0.2, 0.25) is 5.91 Å². The van der Waals surface area contributed by atoms with E-state index in [2.05, 4.69) is 4.90 Å². The number of piperazine rings is 1. The van der Waals surface area contributed by atoms with Crippen molar-refractivity contribution in [2.45, 2.75) is 32.2 Å². The second kappa shape index (κ2) is 6.43. The van der Waals surface area contributed by atoms with Crippen molar-refractivity contribution in [3.05, 3.63) is 30.1 Å². The van der Waals surface area contributed by atoms with Gasteiger partial charge >= 0.3 is 0 Å². The van der Waals surface area contributed by atoms with Crippen LogP contribution in [0.1, 0.15) is 26.7 Å². The average Bonchev–Trinajstić information content (AvgIpc) is 2.54. The van der Waals surface area contributed by atoms with Crippen molar-refractivity contribution in [2.75, 3.05) is 31.1 Å². The fraction of sp³-hybridized carbons (Fsp3) is 0.562. The van der Waals surface area contributed by atoms with Crippen LogP contribution in [0, 0.1) is 5.82 Å². The molecule has 1 aliphatic rings. The van der Waals surface area contributed by atoms with Crippen molar-refractivity contribution < 1.29 is 9.18 Å². The number of hydrogen-bond donors (Lipinski definition) is 1. The highest BCUT2D eigenvalue weighted by Crippen LogP contribution is 2.20. The predicted molar refractivity (Wildman–Crippen MR) is 82.7 cm³/mol. The lowest BCUT2D eigenvalue weighted by atomic mass is 9.92. The van der Waals surface area contributed by atoms with Crippen molar-refractivity contribution in [2.24, 2.45) is 5.73 Å². The molecule has 1 aromatic carbocycles. The topological polar surface area (TPSA) is 49.6 Å². The summed E-state index contributed by atoms with van der Waals surface area (Å²) in [4.78, 5) is 16.5. The molecular weight excluding hydrogens is 269 g/mol. The van der Waals surface area contributed by atoms with E-state index in [-0.39, 0.29) is 11.7 Å². The molecule has 1 aromatic rings. The largest absolute Gasteiger partial charge is 0.368 e. The molecule has 4 nitrogen and oxygen atoms in total. The van der Waals surface area contributed by atoms with Crippen LogP contribution in [-0.4, -0.2) is 42.5 Å². The number of hydrogen-bond acceptors (Lipinski definition) is 3. The number of anilines is 1. The number of halogens is 1. The molecule has 21 heavy (non-hydrogen) atoms. The maximum absolute atomic E-state index is 12.9. The summed E-state index contributed by atoms with van der Waals surface area (Å²) in [5, 5.41) is 0. The van der Waals surface area contributed by atoms with E-state index >= 15 is 0 Å². The lowest BCUT2D eigenvalue weighted by Gasteiger charge is -2.40. The molecule has 0 saturated carbocycles. The summed E-state index contributed by atoms with van der Waals surface area (Å²) in [6.07, 6.45) is 1.31. The van der Waals surface area contributed by atoms with Crippen LogP contribution in [0.3, 0.4) is 0 Å². The summed E-state index contributed by atoms with van der Waals surface area (Å²) < 4.78 is 12.9. The number of amides is 1. The zero-order chi connectivity index (χ0) is 15.5. The third-order valence-corrected chi connectivity index (χ3v) is 4.45. The van der Waals surface area contributed by atoms with Gasteiger partial charge < -0.3 is 15.5 Å². The van der Waals surface area contributed by atoms with Crippen molar-refractivity contribution in [1.82, 2.24) is 4.90 Å². The molecule has 0 unspecified atom stereocenters. The number of carbonyl (C=O) groups is 1. The first-order valence-corrected chi connectivity index (χ1v) is 7.59. The van der Waals surface area contributed by atoms with E-state index < -0.39 is 5.54 Å². The second-order valence-electron chi connectivity index (χ2n) is 5.62. The van der Waals surface area contributed by atoms with Crippen LogP contribution in [0.15, 0.2) is 24.3 Å². The molecule has 1 heterocycles. The Balaban J connectivity index is 1.97. The lowest BCUT2D eigenvalue weighted by Crippen LogP contribution is -2.59. The van der Waals surface area contributed by atoms with E-state index in [1.807, 2.05) is 18.7 Å². The van der Waals surface area contributed by atoms with E-state index in [4.69, 9.17) is 5.73 Å². The van der Waals surface area contributed by atoms with Crippen LogP contribution < -0.4 is 10.6 Å². The van der Waals surface area contributed by atoms with E-state index in [9.17, 15) is 9.18 Å². The Kier molecular flexibility index (Phi) is 4.83. The molecule has 0 aliphatic carbocycles. The third-order valence-electron chi connectivity index (χ3n) is 4.45. The van der Waals surface area contributed by atoms with Crippen LogP contribution in [0.25, 0.3) is 0 Å². The first-order valence-electron chi connectivity index (χ1n) is 7.59. The van der Waals surface area contributed by atoms with E-state index in [1.54, 1.807) is 12.1 Å². The molecule has 0 bridgehead atoms. The number of carbonyl (C=O) groups excluding carboxylic acids is 1. The summed E-state index contributed by atoms with van der Waals surface area (Å²) in [5.74, 6) is -0.183. The lowest BCUT2D eigenvalue weighted by molar-refractivity contribution is -0.137. The van der Waals surface area contributed by atoms with Gasteiger partial charge in [0.1, 0.15) is 5.82 Å². The molecule has 0 radical (unpaired) electrons. The van der Waals surface area contributed by atoms with Crippen LogP contribution in [-0.2, 0) is 4.79 Å². The maximum Gasteiger partial charge on any atom is 0.242 e. The Hall–Kier alpha value is -1.62. The molecule has 1 amide bonds. The molecule has 1 saturated heterocycles. The Morgan fingerprint density at radius 3 is 2.14 bits per heavy atom. The maximum atomic E-state index is 12.9. The predicted octanol–water partition coefficient (Wildman–Crippen LogP) is 1.99. The van der Waals surface area contributed by atoms with Crippen LogP contribution in [0.5, 0.6) is 0 Å². The molecule has 1 fully saturated rings. The Bertz CT molecular complexity index is 477. The Morgan fingerprint density at radius 1 is 1.14 bits per heavy atom. The minimum absolute atomic E-state index is 0.0475. The highest BCUT2D eigenvalue weighted by Gasteiger charge is 2.35. The van der Waals surface area contributed by atoms with E-state index in [0.717, 1.165) is 18.8 Å². The van der Waals surface area contributed by atoms with Crippen LogP contribution in [0.4, 0.5) is 10.1 Å². The summed E-state index contributed by atoms with van der Waals surface area (Å²) in [7, 11) is 0. The molecule has 2 rings (SSSR count). The highest BCUT2D eigenvalue weighted by atomic mass is 19.1. The standard InChI is InChI=1S/C16H24FN3O/c1-3-16(18,4-2)15(21)20-11-9-19(10-12-20)14-7-5-13(17)6-8-14/h5-8H,3-4,9-12,18H2,1-2H3. The third kappa shape index (κ3) is 3.35. The first kappa shape index (κ1) is 15.8. The summed E-state index contributed by atoms with van der Waals surface area (Å²) in [6, 6.07) is 6.48. The SMILES string of the molecule is CCC(N)(CC)C(=O)N1CCN(c2ccc(F)cc2)CC1. The summed E-state index contributed by atoms with van der Waals surface area (Å²) in [5.41, 5.74) is 6.44. The molecule has 0 spiro atoms. The van der Waals surface area contributed by atoms with Gasteiger partial charge in [0, 0.05) is 31.9 Å². The van der Waals surface area contributed by atoms with Gasteiger partial charge in [-0.25, -0.2) is 4.39 Å². The molecule has 2 N–H and O–H groups in total. The molecule has 0 aromatic heterocycles. The molecular formula is C16H24FN3O. The van der Waals surface area contributed by atoms with Gasteiger partial charge in [-0.05, 0) is 37.1 Å². The van der Waals surface area contributed by atoms with Crippen molar-refractivity contribution >= 4 is 11.6 Å². The Morgan fingerprint density at radius 2 is 1.67 bits per heavy atom. The molecule has 5 heteroatoms. The Labute approximate surface area is 125 Å². The number of nitrogens with zero attached hydrogens (tertiary/aromatic N) is 2. The summed E-state index contributed by atoms with van der Waals surface area (Å²) in [6.45, 7) is 6.73. The fourth-order valence-electron chi connectivity index (χ4n) is 2.69. The van der Waals surface area contributed by atoms with Crippen molar-refractivity contribution in [3.63, 3.8) is 0 Å². The zero-order valence-electron chi connectivity index (χ0n) is 12.8. The van der Waals surface area contributed by atoms with Gasteiger partial charge in [-0.2, -0.15) is 0 Å². The van der Waals surface area contributed by atoms with Gasteiger partial charge in [0.25, 0.3) is 0 Å². The molecule has 1 aliphatic heterocycles. The summed E-state index contributed by atoms with van der Waals surface area (Å²) >= 11 is 0. The minimum atomic E-state index is -0.738.